The highest BCUT2D eigenvalue weighted by molar-refractivity contribution is 8.16. The van der Waals surface area contributed by atoms with Crippen LogP contribution in [-0.2, 0) is 4.79 Å². The average Bonchev–Trinajstić information content (AvgIpc) is 1.85. The van der Waals surface area contributed by atoms with Crippen molar-refractivity contribution in [3.8, 4) is 0 Å². The lowest BCUT2D eigenvalue weighted by atomic mass is 9.69. The van der Waals surface area contributed by atoms with Crippen molar-refractivity contribution in [2.24, 2.45) is 5.92 Å². The molecule has 5 heteroatoms. The van der Waals surface area contributed by atoms with E-state index in [1.807, 2.05) is 13.8 Å². The molecule has 0 aromatic carbocycles. The van der Waals surface area contributed by atoms with Gasteiger partial charge in [0.15, 0.2) is 5.12 Å². The Morgan fingerprint density at radius 2 is 2.08 bits per heavy atom. The maximum Gasteiger partial charge on any atom is 0.190 e. The van der Waals surface area contributed by atoms with Crippen LogP contribution in [0.3, 0.4) is 0 Å². The molecule has 0 unspecified atom stereocenters. The first-order valence-corrected chi connectivity index (χ1v) is 4.66. The second-order valence-electron chi connectivity index (χ2n) is 3.06. The number of carbonyl (C=O) groups is 1. The summed E-state index contributed by atoms with van der Waals surface area (Å²) in [5, 5.41) is 2.85. The van der Waals surface area contributed by atoms with Crippen LogP contribution in [0.5, 0.6) is 0 Å². The molecule has 4 radical (unpaired) electrons. The Morgan fingerprint density at radius 3 is 2.42 bits per heavy atom. The number of rotatable bonds is 4. The van der Waals surface area contributed by atoms with Crippen LogP contribution in [0.25, 0.3) is 0 Å². The van der Waals surface area contributed by atoms with Crippen LogP contribution in [0, 0.1) is 5.92 Å². The lowest BCUT2D eigenvalue weighted by Crippen LogP contribution is -2.38. The molecule has 0 spiro atoms. The van der Waals surface area contributed by atoms with E-state index in [1.165, 1.54) is 0 Å². The van der Waals surface area contributed by atoms with Gasteiger partial charge in [-0.2, -0.15) is 0 Å². The predicted octanol–water partition coefficient (Wildman–Crippen LogP) is 0.112. The van der Waals surface area contributed by atoms with Crippen LogP contribution >= 0.6 is 11.8 Å². The first-order chi connectivity index (χ1) is 5.39. The van der Waals surface area contributed by atoms with Crippen molar-refractivity contribution in [1.82, 2.24) is 5.32 Å². The SMILES string of the molecule is [B]C([B])(CNC)SC(=O)C(C)C. The lowest BCUT2D eigenvalue weighted by molar-refractivity contribution is -0.113. The van der Waals surface area contributed by atoms with Gasteiger partial charge in [0.1, 0.15) is 0 Å². The summed E-state index contributed by atoms with van der Waals surface area (Å²) in [4.78, 5) is 11.2. The van der Waals surface area contributed by atoms with Crippen molar-refractivity contribution in [2.45, 2.75) is 18.4 Å². The Morgan fingerprint density at radius 1 is 1.58 bits per heavy atom. The summed E-state index contributed by atoms with van der Waals surface area (Å²) in [5.74, 6) is -0.0293. The Labute approximate surface area is 81.1 Å². The molecule has 0 fully saturated rings. The zero-order chi connectivity index (χ0) is 9.78. The van der Waals surface area contributed by atoms with Crippen LogP contribution in [0.1, 0.15) is 13.8 Å². The smallest absolute Gasteiger partial charge is 0.190 e. The molecule has 0 aliphatic carbocycles. The highest BCUT2D eigenvalue weighted by Crippen LogP contribution is 2.21. The Kier molecular flexibility index (Phi) is 5.02. The minimum absolute atomic E-state index is 0.0234. The van der Waals surface area contributed by atoms with E-state index in [-0.39, 0.29) is 11.0 Å². The number of nitrogens with one attached hydrogen (secondary N) is 1. The van der Waals surface area contributed by atoms with E-state index in [2.05, 4.69) is 5.32 Å². The molecule has 0 heterocycles. The average molecular weight is 181 g/mol. The summed E-state index contributed by atoms with van der Waals surface area (Å²) >= 11 is 0.989. The van der Waals surface area contributed by atoms with E-state index in [9.17, 15) is 4.79 Å². The molecule has 0 aliphatic heterocycles. The third-order valence-electron chi connectivity index (χ3n) is 1.22. The molecule has 0 amide bonds. The van der Waals surface area contributed by atoms with Gasteiger partial charge in [0.25, 0.3) is 0 Å². The molecule has 0 rings (SSSR count). The van der Waals surface area contributed by atoms with E-state index in [4.69, 9.17) is 15.7 Å². The fourth-order valence-corrected chi connectivity index (χ4v) is 1.44. The first kappa shape index (κ1) is 12.1. The number of thioether (sulfide) groups is 1. The van der Waals surface area contributed by atoms with E-state index >= 15 is 0 Å². The van der Waals surface area contributed by atoms with E-state index in [0.29, 0.717) is 6.54 Å². The van der Waals surface area contributed by atoms with Crippen LogP contribution in [0.4, 0.5) is 0 Å². The van der Waals surface area contributed by atoms with Gasteiger partial charge in [-0.15, -0.1) is 0 Å². The molecule has 0 saturated carbocycles. The number of hydrogen-bond acceptors (Lipinski definition) is 3. The van der Waals surface area contributed by atoms with Crippen LogP contribution in [0.15, 0.2) is 0 Å². The van der Waals surface area contributed by atoms with Crippen molar-refractivity contribution in [1.29, 1.82) is 0 Å². The van der Waals surface area contributed by atoms with Gasteiger partial charge in [-0.3, -0.25) is 4.79 Å². The molecule has 2 nitrogen and oxygen atoms in total. The minimum Gasteiger partial charge on any atom is -0.320 e. The van der Waals surface area contributed by atoms with Gasteiger partial charge in [-0.25, -0.2) is 0 Å². The van der Waals surface area contributed by atoms with Crippen LogP contribution in [-0.4, -0.2) is 38.9 Å². The topological polar surface area (TPSA) is 29.1 Å². The molecule has 0 saturated heterocycles. The summed E-state index contributed by atoms with van der Waals surface area (Å²) < 4.78 is -0.990. The standard InChI is InChI=1S/C7H13B2NOS/c1-5(2)6(11)12-7(8,9)4-10-3/h5,10H,4H2,1-3H3. The minimum atomic E-state index is -0.990. The molecule has 64 valence electrons. The second kappa shape index (κ2) is 4.97. The Balaban J connectivity index is 3.96. The summed E-state index contributed by atoms with van der Waals surface area (Å²) in [6.07, 6.45) is 0. The molecular formula is C7H13B2NOS. The molecule has 0 aromatic heterocycles. The maximum absolute atomic E-state index is 11.2. The second-order valence-corrected chi connectivity index (χ2v) is 4.43. The first-order valence-electron chi connectivity index (χ1n) is 3.84. The van der Waals surface area contributed by atoms with Crippen LogP contribution in [0.2, 0.25) is 0 Å². The van der Waals surface area contributed by atoms with Crippen molar-refractivity contribution < 1.29 is 4.79 Å². The molecule has 12 heavy (non-hydrogen) atoms. The molecule has 0 atom stereocenters. The molecule has 1 N–H and O–H groups in total. The molecule has 0 aliphatic rings. The van der Waals surface area contributed by atoms with Gasteiger partial charge in [-0.05, 0) is 18.1 Å². The fraction of sp³-hybridized carbons (Fsp3) is 0.857. The van der Waals surface area contributed by atoms with Crippen molar-refractivity contribution in [2.75, 3.05) is 13.6 Å². The monoisotopic (exact) mass is 181 g/mol. The molecule has 0 bridgehead atoms. The van der Waals surface area contributed by atoms with E-state index < -0.39 is 4.55 Å². The highest BCUT2D eigenvalue weighted by Gasteiger charge is 2.22. The zero-order valence-electron chi connectivity index (χ0n) is 7.76. The largest absolute Gasteiger partial charge is 0.320 e. The van der Waals surface area contributed by atoms with Gasteiger partial charge in [0.05, 0.1) is 15.7 Å². The van der Waals surface area contributed by atoms with Gasteiger partial charge < -0.3 is 5.32 Å². The predicted molar refractivity (Wildman–Crippen MR) is 55.6 cm³/mol. The third-order valence-corrected chi connectivity index (χ3v) is 2.41. The van der Waals surface area contributed by atoms with E-state index in [1.54, 1.807) is 7.05 Å². The number of carbonyl (C=O) groups excluding carboxylic acids is 1. The quantitative estimate of drug-likeness (QED) is 0.624. The number of hydrogen-bond donors (Lipinski definition) is 1. The Hall–Kier alpha value is 0.110. The zero-order valence-corrected chi connectivity index (χ0v) is 8.57. The van der Waals surface area contributed by atoms with Crippen molar-refractivity contribution >= 4 is 32.6 Å². The van der Waals surface area contributed by atoms with Crippen molar-refractivity contribution in [3.63, 3.8) is 0 Å². The molecular weight excluding hydrogens is 168 g/mol. The molecule has 0 aromatic rings. The van der Waals surface area contributed by atoms with Gasteiger partial charge in [0, 0.05) is 5.92 Å². The summed E-state index contributed by atoms with van der Waals surface area (Å²) in [6, 6.07) is 0. The van der Waals surface area contributed by atoms with Gasteiger partial charge >= 0.3 is 0 Å². The van der Waals surface area contributed by atoms with Crippen LogP contribution < -0.4 is 5.32 Å². The van der Waals surface area contributed by atoms with Gasteiger partial charge in [0.2, 0.25) is 0 Å². The fourth-order valence-electron chi connectivity index (χ4n) is 0.618. The normalized spacial score (nSPS) is 12.0. The summed E-state index contributed by atoms with van der Waals surface area (Å²) in [5.41, 5.74) is 0. The summed E-state index contributed by atoms with van der Waals surface area (Å²) in [6.45, 7) is 4.06. The van der Waals surface area contributed by atoms with Crippen molar-refractivity contribution in [3.05, 3.63) is 0 Å². The van der Waals surface area contributed by atoms with Gasteiger partial charge in [-0.1, -0.05) is 25.6 Å². The lowest BCUT2D eigenvalue weighted by Gasteiger charge is -2.24. The maximum atomic E-state index is 11.2. The summed E-state index contributed by atoms with van der Waals surface area (Å²) in [7, 11) is 13.0. The Bertz CT molecular complexity index is 161. The third kappa shape index (κ3) is 4.88. The highest BCUT2D eigenvalue weighted by atomic mass is 32.2. The van der Waals surface area contributed by atoms with E-state index in [0.717, 1.165) is 11.8 Å².